The van der Waals surface area contributed by atoms with Crippen LogP contribution in [0.2, 0.25) is 0 Å². The van der Waals surface area contributed by atoms with Crippen LogP contribution in [0.1, 0.15) is 18.4 Å². The monoisotopic (exact) mass is 322 g/mol. The van der Waals surface area contributed by atoms with Gasteiger partial charge in [0, 0.05) is 24.6 Å². The highest BCUT2D eigenvalue weighted by Crippen LogP contribution is 2.36. The van der Waals surface area contributed by atoms with Crippen molar-refractivity contribution in [3.05, 3.63) is 23.9 Å². The van der Waals surface area contributed by atoms with Crippen molar-refractivity contribution in [1.82, 2.24) is 4.98 Å². The van der Waals surface area contributed by atoms with Crippen LogP contribution in [0.4, 0.5) is 19.0 Å². The van der Waals surface area contributed by atoms with Gasteiger partial charge in [-0.3, -0.25) is 0 Å². The molecule has 2 rings (SSSR count). The summed E-state index contributed by atoms with van der Waals surface area (Å²) in [6, 6.07) is 2.43. The molecular weight excluding hydrogens is 309 g/mol. The Kier molecular flexibility index (Phi) is 4.14. The van der Waals surface area contributed by atoms with E-state index in [1.807, 2.05) is 0 Å². The van der Waals surface area contributed by atoms with E-state index in [2.05, 4.69) is 20.9 Å². The zero-order chi connectivity index (χ0) is 13.2. The first-order valence-corrected chi connectivity index (χ1v) is 6.97. The molecule has 1 unspecified atom stereocenters. The molecule has 1 aliphatic rings. The van der Waals surface area contributed by atoms with Gasteiger partial charge in [0.15, 0.2) is 0 Å². The lowest BCUT2D eigenvalue weighted by Gasteiger charge is -2.34. The Bertz CT molecular complexity index is 409. The molecule has 0 aliphatic carbocycles. The third-order valence-corrected chi connectivity index (χ3v) is 4.04. The molecule has 18 heavy (non-hydrogen) atoms. The molecule has 0 bridgehead atoms. The fraction of sp³-hybridized carbons (Fsp3) is 0.583. The summed E-state index contributed by atoms with van der Waals surface area (Å²) in [5, 5.41) is 0.817. The van der Waals surface area contributed by atoms with Crippen LogP contribution in [0.15, 0.2) is 18.3 Å². The second-order valence-corrected chi connectivity index (χ2v) is 5.13. The summed E-state index contributed by atoms with van der Waals surface area (Å²) in [6.07, 6.45) is -0.965. The standard InChI is InChI=1S/C12H14BrF3N2/c13-7-9-3-2-6-18(8-9)11-10(12(14,15)16)4-1-5-17-11/h1,4-5,9H,2-3,6-8H2. The quantitative estimate of drug-likeness (QED) is 0.772. The number of hydrogen-bond donors (Lipinski definition) is 0. The van der Waals surface area contributed by atoms with Gasteiger partial charge in [-0.05, 0) is 30.9 Å². The largest absolute Gasteiger partial charge is 0.419 e. The maximum Gasteiger partial charge on any atom is 0.419 e. The van der Waals surface area contributed by atoms with Crippen molar-refractivity contribution < 1.29 is 13.2 Å². The van der Waals surface area contributed by atoms with Crippen LogP contribution in [-0.4, -0.2) is 23.4 Å². The summed E-state index contributed by atoms with van der Waals surface area (Å²) in [6.45, 7) is 1.27. The first-order valence-electron chi connectivity index (χ1n) is 5.85. The van der Waals surface area contributed by atoms with Crippen LogP contribution >= 0.6 is 15.9 Å². The number of rotatable bonds is 2. The molecule has 2 nitrogen and oxygen atoms in total. The van der Waals surface area contributed by atoms with E-state index in [-0.39, 0.29) is 5.82 Å². The molecule has 2 heterocycles. The number of alkyl halides is 4. The van der Waals surface area contributed by atoms with Crippen molar-refractivity contribution in [1.29, 1.82) is 0 Å². The van der Waals surface area contributed by atoms with Gasteiger partial charge in [-0.2, -0.15) is 13.2 Å². The molecule has 1 aromatic heterocycles. The van der Waals surface area contributed by atoms with Crippen molar-refractivity contribution in [2.45, 2.75) is 19.0 Å². The number of halogens is 4. The predicted molar refractivity (Wildman–Crippen MR) is 68.0 cm³/mol. The molecule has 1 fully saturated rings. The maximum atomic E-state index is 12.9. The van der Waals surface area contributed by atoms with Gasteiger partial charge in [-0.1, -0.05) is 15.9 Å². The molecule has 0 radical (unpaired) electrons. The lowest BCUT2D eigenvalue weighted by atomic mass is 10.00. The average molecular weight is 323 g/mol. The number of anilines is 1. The van der Waals surface area contributed by atoms with Gasteiger partial charge >= 0.3 is 6.18 Å². The molecule has 0 spiro atoms. The first kappa shape index (κ1) is 13.6. The van der Waals surface area contributed by atoms with E-state index in [4.69, 9.17) is 0 Å². The topological polar surface area (TPSA) is 16.1 Å². The lowest BCUT2D eigenvalue weighted by molar-refractivity contribution is -0.137. The number of hydrogen-bond acceptors (Lipinski definition) is 2. The van der Waals surface area contributed by atoms with Gasteiger partial charge < -0.3 is 4.90 Å². The normalized spacial score (nSPS) is 21.1. The Morgan fingerprint density at radius 2 is 2.22 bits per heavy atom. The number of piperidine rings is 1. The van der Waals surface area contributed by atoms with Crippen LogP contribution in [0.3, 0.4) is 0 Å². The molecule has 1 saturated heterocycles. The minimum absolute atomic E-state index is 0.0654. The molecule has 0 aromatic carbocycles. The van der Waals surface area contributed by atoms with Gasteiger partial charge in [-0.25, -0.2) is 4.98 Å². The highest BCUT2D eigenvalue weighted by Gasteiger charge is 2.36. The second-order valence-electron chi connectivity index (χ2n) is 4.48. The Morgan fingerprint density at radius 3 is 2.89 bits per heavy atom. The Morgan fingerprint density at radius 1 is 1.44 bits per heavy atom. The molecule has 6 heteroatoms. The predicted octanol–water partition coefficient (Wildman–Crippen LogP) is 3.71. The van der Waals surface area contributed by atoms with Gasteiger partial charge in [0.05, 0.1) is 5.56 Å². The van der Waals surface area contributed by atoms with Crippen molar-refractivity contribution in [3.63, 3.8) is 0 Å². The Balaban J connectivity index is 2.27. The molecule has 100 valence electrons. The molecular formula is C12H14BrF3N2. The van der Waals surface area contributed by atoms with E-state index >= 15 is 0 Å². The molecule has 0 amide bonds. The third-order valence-electron chi connectivity index (χ3n) is 3.13. The second kappa shape index (κ2) is 5.47. The van der Waals surface area contributed by atoms with Crippen molar-refractivity contribution in [3.8, 4) is 0 Å². The summed E-state index contributed by atoms with van der Waals surface area (Å²) in [5.74, 6) is 0.456. The van der Waals surface area contributed by atoms with Crippen LogP contribution in [0.5, 0.6) is 0 Å². The van der Waals surface area contributed by atoms with Crippen molar-refractivity contribution in [2.24, 2.45) is 5.92 Å². The summed E-state index contributed by atoms with van der Waals surface area (Å²) in [5.41, 5.74) is -0.639. The van der Waals surface area contributed by atoms with E-state index in [1.54, 1.807) is 4.90 Å². The maximum absolute atomic E-state index is 12.9. The van der Waals surface area contributed by atoms with Crippen LogP contribution in [-0.2, 0) is 6.18 Å². The smallest absolute Gasteiger partial charge is 0.356 e. The van der Waals surface area contributed by atoms with Crippen molar-refractivity contribution in [2.75, 3.05) is 23.3 Å². The van der Waals surface area contributed by atoms with E-state index < -0.39 is 11.7 Å². The zero-order valence-corrected chi connectivity index (χ0v) is 11.3. The molecule has 1 aliphatic heterocycles. The number of aromatic nitrogens is 1. The highest BCUT2D eigenvalue weighted by molar-refractivity contribution is 9.09. The van der Waals surface area contributed by atoms with Crippen molar-refractivity contribution >= 4 is 21.7 Å². The van der Waals surface area contributed by atoms with Gasteiger partial charge in [0.25, 0.3) is 0 Å². The van der Waals surface area contributed by atoms with Gasteiger partial charge in [-0.15, -0.1) is 0 Å². The molecule has 1 atom stereocenters. The lowest BCUT2D eigenvalue weighted by Crippen LogP contribution is -2.37. The van der Waals surface area contributed by atoms with Crippen LogP contribution in [0, 0.1) is 5.92 Å². The minimum atomic E-state index is -4.34. The summed E-state index contributed by atoms with van der Waals surface area (Å²) in [4.78, 5) is 5.68. The zero-order valence-electron chi connectivity index (χ0n) is 9.75. The third kappa shape index (κ3) is 2.96. The SMILES string of the molecule is FC(F)(F)c1cccnc1N1CCCC(CBr)C1. The van der Waals surface area contributed by atoms with E-state index in [0.717, 1.165) is 24.2 Å². The fourth-order valence-electron chi connectivity index (χ4n) is 2.25. The molecule has 0 saturated carbocycles. The Hall–Kier alpha value is -0.780. The molecule has 0 N–H and O–H groups in total. The molecule has 1 aromatic rings. The Labute approximate surface area is 112 Å². The highest BCUT2D eigenvalue weighted by atomic mass is 79.9. The van der Waals surface area contributed by atoms with E-state index in [9.17, 15) is 13.2 Å². The fourth-order valence-corrected chi connectivity index (χ4v) is 2.78. The van der Waals surface area contributed by atoms with Crippen LogP contribution < -0.4 is 4.90 Å². The van der Waals surface area contributed by atoms with E-state index in [1.165, 1.54) is 12.3 Å². The average Bonchev–Trinajstić information content (AvgIpc) is 2.38. The minimum Gasteiger partial charge on any atom is -0.356 e. The van der Waals surface area contributed by atoms with Crippen LogP contribution in [0.25, 0.3) is 0 Å². The number of nitrogens with zero attached hydrogens (tertiary/aromatic N) is 2. The summed E-state index contributed by atoms with van der Waals surface area (Å²) < 4.78 is 38.7. The van der Waals surface area contributed by atoms with E-state index in [0.29, 0.717) is 19.0 Å². The van der Waals surface area contributed by atoms with Gasteiger partial charge in [0.1, 0.15) is 5.82 Å². The number of pyridine rings is 1. The summed E-state index contributed by atoms with van der Waals surface area (Å²) in [7, 11) is 0. The van der Waals surface area contributed by atoms with Gasteiger partial charge in [0.2, 0.25) is 0 Å². The summed E-state index contributed by atoms with van der Waals surface area (Å²) >= 11 is 3.40. The first-order chi connectivity index (χ1) is 8.52.